The molecule has 1 heterocycles. The highest BCUT2D eigenvalue weighted by molar-refractivity contribution is 7.92. The van der Waals surface area contributed by atoms with Crippen LogP contribution in [0.25, 0.3) is 0 Å². The molecule has 0 unspecified atom stereocenters. The van der Waals surface area contributed by atoms with E-state index in [2.05, 4.69) is 0 Å². The first kappa shape index (κ1) is 22.1. The number of thiophene rings is 1. The lowest BCUT2D eigenvalue weighted by molar-refractivity contribution is -0.130. The fraction of sp³-hybridized carbons (Fsp3) is 0.261. The van der Waals surface area contributed by atoms with Gasteiger partial charge in [0.15, 0.2) is 0 Å². The number of amides is 1. The lowest BCUT2D eigenvalue weighted by Gasteiger charge is -2.26. The number of nitrogens with zero attached hydrogens (tertiary/aromatic N) is 2. The van der Waals surface area contributed by atoms with E-state index in [1.165, 1.54) is 4.31 Å². The largest absolute Gasteiger partial charge is 0.341 e. The standard InChI is InChI=1S/C23H26N2O3S2/c1-18-6-10-20(11-7-18)25(30(27,28)22-12-8-19(2)9-13-22)15-14-23(26)24(3)17-21-5-4-16-29-21/h4-13,16H,14-15,17H2,1-3H3. The third kappa shape index (κ3) is 5.29. The van der Waals surface area contributed by atoms with Crippen LogP contribution < -0.4 is 4.31 Å². The Labute approximate surface area is 182 Å². The number of aryl methyl sites for hydroxylation is 2. The van der Waals surface area contributed by atoms with Gasteiger partial charge in [0.1, 0.15) is 0 Å². The van der Waals surface area contributed by atoms with Gasteiger partial charge in [-0.1, -0.05) is 41.5 Å². The summed E-state index contributed by atoms with van der Waals surface area (Å²) in [5.41, 5.74) is 2.58. The molecule has 7 heteroatoms. The Kier molecular flexibility index (Phi) is 6.95. The van der Waals surface area contributed by atoms with Gasteiger partial charge in [0.05, 0.1) is 17.1 Å². The number of sulfonamides is 1. The first-order chi connectivity index (χ1) is 14.3. The molecule has 3 aromatic rings. The highest BCUT2D eigenvalue weighted by Crippen LogP contribution is 2.25. The average Bonchev–Trinajstić information content (AvgIpc) is 3.22. The molecule has 0 radical (unpaired) electrons. The molecule has 0 spiro atoms. The Morgan fingerprint density at radius 2 is 1.53 bits per heavy atom. The maximum Gasteiger partial charge on any atom is 0.264 e. The number of rotatable bonds is 8. The van der Waals surface area contributed by atoms with Gasteiger partial charge in [0.25, 0.3) is 10.0 Å². The summed E-state index contributed by atoms with van der Waals surface area (Å²) in [6, 6.07) is 18.0. The summed E-state index contributed by atoms with van der Waals surface area (Å²) in [7, 11) is -2.05. The van der Waals surface area contributed by atoms with Gasteiger partial charge >= 0.3 is 0 Å². The van der Waals surface area contributed by atoms with Gasteiger partial charge in [0.2, 0.25) is 5.91 Å². The minimum absolute atomic E-state index is 0.0763. The Morgan fingerprint density at radius 1 is 0.933 bits per heavy atom. The van der Waals surface area contributed by atoms with Crippen molar-refractivity contribution in [2.75, 3.05) is 17.9 Å². The fourth-order valence-electron chi connectivity index (χ4n) is 3.05. The fourth-order valence-corrected chi connectivity index (χ4v) is 5.27. The van der Waals surface area contributed by atoms with Crippen molar-refractivity contribution in [2.24, 2.45) is 0 Å². The second-order valence-electron chi connectivity index (χ2n) is 7.30. The molecule has 0 aliphatic carbocycles. The van der Waals surface area contributed by atoms with Crippen molar-refractivity contribution in [2.45, 2.75) is 31.7 Å². The molecule has 158 valence electrons. The summed E-state index contributed by atoms with van der Waals surface area (Å²) < 4.78 is 28.1. The molecule has 0 fully saturated rings. The highest BCUT2D eigenvalue weighted by atomic mass is 32.2. The van der Waals surface area contributed by atoms with E-state index >= 15 is 0 Å². The quantitative estimate of drug-likeness (QED) is 0.512. The molecular weight excluding hydrogens is 416 g/mol. The molecule has 3 rings (SSSR count). The predicted molar refractivity (Wildman–Crippen MR) is 122 cm³/mol. The Morgan fingerprint density at radius 3 is 2.10 bits per heavy atom. The van der Waals surface area contributed by atoms with Gasteiger partial charge in [0, 0.05) is 24.9 Å². The second kappa shape index (κ2) is 9.45. The van der Waals surface area contributed by atoms with Crippen LogP contribution in [0.5, 0.6) is 0 Å². The summed E-state index contributed by atoms with van der Waals surface area (Å²) in [6.07, 6.45) is 0.0981. The van der Waals surface area contributed by atoms with Crippen LogP contribution >= 0.6 is 11.3 Å². The van der Waals surface area contributed by atoms with Crippen molar-refractivity contribution in [3.63, 3.8) is 0 Å². The van der Waals surface area contributed by atoms with E-state index in [1.54, 1.807) is 59.7 Å². The van der Waals surface area contributed by atoms with Crippen molar-refractivity contribution >= 4 is 33.0 Å². The van der Waals surface area contributed by atoms with Crippen LogP contribution in [-0.4, -0.2) is 32.8 Å². The molecule has 1 amide bonds. The number of hydrogen-bond donors (Lipinski definition) is 0. The average molecular weight is 443 g/mol. The zero-order valence-electron chi connectivity index (χ0n) is 17.4. The number of anilines is 1. The molecule has 0 bridgehead atoms. The lowest BCUT2D eigenvalue weighted by atomic mass is 10.2. The Bertz CT molecular complexity index is 1070. The van der Waals surface area contributed by atoms with Crippen LogP contribution in [0.15, 0.2) is 70.9 Å². The zero-order chi connectivity index (χ0) is 21.7. The summed E-state index contributed by atoms with van der Waals surface area (Å²) in [6.45, 7) is 4.46. The highest BCUT2D eigenvalue weighted by Gasteiger charge is 2.26. The molecule has 0 atom stereocenters. The van der Waals surface area contributed by atoms with Gasteiger partial charge in [-0.2, -0.15) is 0 Å². The normalized spacial score (nSPS) is 11.3. The lowest BCUT2D eigenvalue weighted by Crippen LogP contribution is -2.35. The number of benzene rings is 2. The summed E-state index contributed by atoms with van der Waals surface area (Å²) in [5.74, 6) is -0.0976. The van der Waals surface area contributed by atoms with Gasteiger partial charge < -0.3 is 4.90 Å². The summed E-state index contributed by atoms with van der Waals surface area (Å²) in [4.78, 5) is 15.6. The first-order valence-corrected chi connectivity index (χ1v) is 12.0. The molecular formula is C23H26N2O3S2. The first-order valence-electron chi connectivity index (χ1n) is 9.70. The maximum atomic E-state index is 13.4. The summed E-state index contributed by atoms with van der Waals surface area (Å²) in [5, 5.41) is 1.97. The van der Waals surface area contributed by atoms with Gasteiger partial charge in [-0.3, -0.25) is 9.10 Å². The van der Waals surface area contributed by atoms with E-state index in [0.29, 0.717) is 12.2 Å². The molecule has 5 nitrogen and oxygen atoms in total. The minimum atomic E-state index is -3.79. The van der Waals surface area contributed by atoms with Crippen LogP contribution in [-0.2, 0) is 21.4 Å². The molecule has 0 saturated heterocycles. The third-order valence-electron chi connectivity index (χ3n) is 4.86. The van der Waals surface area contributed by atoms with E-state index in [4.69, 9.17) is 0 Å². The van der Waals surface area contributed by atoms with Gasteiger partial charge in [-0.05, 0) is 49.6 Å². The molecule has 0 N–H and O–H groups in total. The van der Waals surface area contributed by atoms with Crippen LogP contribution in [0.3, 0.4) is 0 Å². The maximum absolute atomic E-state index is 13.4. The summed E-state index contributed by atoms with van der Waals surface area (Å²) >= 11 is 1.59. The number of carbonyl (C=O) groups is 1. The van der Waals surface area contributed by atoms with Gasteiger partial charge in [-0.15, -0.1) is 11.3 Å². The minimum Gasteiger partial charge on any atom is -0.341 e. The van der Waals surface area contributed by atoms with E-state index in [9.17, 15) is 13.2 Å². The van der Waals surface area contributed by atoms with Crippen molar-refractivity contribution in [1.82, 2.24) is 4.90 Å². The van der Waals surface area contributed by atoms with Crippen molar-refractivity contribution < 1.29 is 13.2 Å². The van der Waals surface area contributed by atoms with E-state index in [-0.39, 0.29) is 23.8 Å². The van der Waals surface area contributed by atoms with Crippen molar-refractivity contribution in [3.05, 3.63) is 82.0 Å². The Hall–Kier alpha value is -2.64. The van der Waals surface area contributed by atoms with E-state index in [0.717, 1.165) is 16.0 Å². The van der Waals surface area contributed by atoms with Crippen LogP contribution in [0.2, 0.25) is 0 Å². The van der Waals surface area contributed by atoms with Crippen LogP contribution in [0, 0.1) is 13.8 Å². The SMILES string of the molecule is Cc1ccc(N(CCC(=O)N(C)Cc2cccs2)S(=O)(=O)c2ccc(C)cc2)cc1. The van der Waals surface area contributed by atoms with E-state index in [1.807, 2.05) is 43.5 Å². The van der Waals surface area contributed by atoms with Crippen LogP contribution in [0.4, 0.5) is 5.69 Å². The predicted octanol–water partition coefficient (Wildman–Crippen LogP) is 4.61. The van der Waals surface area contributed by atoms with E-state index < -0.39 is 10.0 Å². The molecule has 30 heavy (non-hydrogen) atoms. The third-order valence-corrected chi connectivity index (χ3v) is 7.56. The van der Waals surface area contributed by atoms with Crippen molar-refractivity contribution in [1.29, 1.82) is 0 Å². The molecule has 0 aliphatic rings. The smallest absolute Gasteiger partial charge is 0.264 e. The molecule has 0 aliphatic heterocycles. The zero-order valence-corrected chi connectivity index (χ0v) is 19.0. The number of carbonyl (C=O) groups excluding carboxylic acids is 1. The second-order valence-corrected chi connectivity index (χ2v) is 10.2. The van der Waals surface area contributed by atoms with Crippen molar-refractivity contribution in [3.8, 4) is 0 Å². The topological polar surface area (TPSA) is 57.7 Å². The molecule has 2 aromatic carbocycles. The molecule has 0 saturated carbocycles. The molecule has 1 aromatic heterocycles. The monoisotopic (exact) mass is 442 g/mol. The van der Waals surface area contributed by atoms with Crippen LogP contribution in [0.1, 0.15) is 22.4 Å². The van der Waals surface area contributed by atoms with Gasteiger partial charge in [-0.25, -0.2) is 8.42 Å². The Balaban J connectivity index is 1.82. The number of hydrogen-bond acceptors (Lipinski definition) is 4.